The molecule has 1 atom stereocenters. The summed E-state index contributed by atoms with van der Waals surface area (Å²) in [6.07, 6.45) is 3.51. The number of benzene rings is 1. The van der Waals surface area contributed by atoms with Crippen molar-refractivity contribution in [2.75, 3.05) is 32.8 Å². The summed E-state index contributed by atoms with van der Waals surface area (Å²) in [5.74, 6) is 1.62. The third kappa shape index (κ3) is 5.67. The number of nitrogens with two attached hydrogens (primary N) is 1. The molecule has 0 aromatic heterocycles. The van der Waals surface area contributed by atoms with Crippen LogP contribution in [0.2, 0.25) is 5.02 Å². The van der Waals surface area contributed by atoms with Crippen molar-refractivity contribution >= 4 is 24.0 Å². The average Bonchev–Trinajstić information content (AvgIpc) is 2.48. The zero-order valence-electron chi connectivity index (χ0n) is 12.7. The standard InChI is InChI=1S/C16H25ClN2O.ClH/c1-2-20-16-6-5-15(17)10-14(16)7-9-19-8-3-4-13(11-18)12-19;/h5-6,10,13H,2-4,7-9,11-12,18H2,1H3;1H/t13-;/m0./s1. The zero-order valence-corrected chi connectivity index (χ0v) is 14.3. The molecule has 0 spiro atoms. The first-order chi connectivity index (χ1) is 9.72. The van der Waals surface area contributed by atoms with Crippen LogP contribution in [0.15, 0.2) is 18.2 Å². The van der Waals surface area contributed by atoms with Gasteiger partial charge in [0.15, 0.2) is 0 Å². The normalized spacial score (nSPS) is 19.1. The number of hydrogen-bond donors (Lipinski definition) is 1. The smallest absolute Gasteiger partial charge is 0.122 e. The molecular weight excluding hydrogens is 307 g/mol. The van der Waals surface area contributed by atoms with Crippen LogP contribution in [-0.2, 0) is 6.42 Å². The Bertz CT molecular complexity index is 429. The molecule has 0 aliphatic carbocycles. The molecule has 3 nitrogen and oxygen atoms in total. The lowest BCUT2D eigenvalue weighted by atomic mass is 9.98. The van der Waals surface area contributed by atoms with Crippen molar-refractivity contribution in [1.82, 2.24) is 4.90 Å². The SMILES string of the molecule is CCOc1ccc(Cl)cc1CCN1CCC[C@@H](CN)C1.Cl. The second-order valence-electron chi connectivity index (χ2n) is 5.48. The molecule has 1 aromatic carbocycles. The van der Waals surface area contributed by atoms with Gasteiger partial charge in [-0.3, -0.25) is 0 Å². The third-order valence-electron chi connectivity index (χ3n) is 3.96. The Balaban J connectivity index is 0.00000220. The van der Waals surface area contributed by atoms with Gasteiger partial charge in [0.2, 0.25) is 0 Å². The first kappa shape index (κ1) is 18.6. The highest BCUT2D eigenvalue weighted by Crippen LogP contribution is 2.24. The van der Waals surface area contributed by atoms with E-state index in [1.165, 1.54) is 24.9 Å². The van der Waals surface area contributed by atoms with Gasteiger partial charge >= 0.3 is 0 Å². The molecule has 1 aliphatic rings. The minimum atomic E-state index is 0. The fourth-order valence-corrected chi connectivity index (χ4v) is 3.06. The molecule has 1 fully saturated rings. The lowest BCUT2D eigenvalue weighted by molar-refractivity contribution is 0.179. The molecule has 0 saturated carbocycles. The van der Waals surface area contributed by atoms with Gasteiger partial charge in [-0.25, -0.2) is 0 Å². The number of nitrogens with zero attached hydrogens (tertiary/aromatic N) is 1. The third-order valence-corrected chi connectivity index (χ3v) is 4.19. The maximum atomic E-state index is 6.10. The van der Waals surface area contributed by atoms with Crippen LogP contribution in [-0.4, -0.2) is 37.7 Å². The van der Waals surface area contributed by atoms with Crippen molar-refractivity contribution in [1.29, 1.82) is 0 Å². The highest BCUT2D eigenvalue weighted by Gasteiger charge is 2.18. The van der Waals surface area contributed by atoms with Crippen LogP contribution in [0.3, 0.4) is 0 Å². The van der Waals surface area contributed by atoms with Crippen LogP contribution in [0.4, 0.5) is 0 Å². The fraction of sp³-hybridized carbons (Fsp3) is 0.625. The highest BCUT2D eigenvalue weighted by molar-refractivity contribution is 6.30. The van der Waals surface area contributed by atoms with Gasteiger partial charge in [-0.2, -0.15) is 0 Å². The summed E-state index contributed by atoms with van der Waals surface area (Å²) < 4.78 is 5.68. The van der Waals surface area contributed by atoms with Crippen LogP contribution in [0.25, 0.3) is 0 Å². The average molecular weight is 333 g/mol. The van der Waals surface area contributed by atoms with Gasteiger partial charge in [-0.1, -0.05) is 11.6 Å². The fourth-order valence-electron chi connectivity index (χ4n) is 2.87. The van der Waals surface area contributed by atoms with Gasteiger partial charge in [0.25, 0.3) is 0 Å². The maximum Gasteiger partial charge on any atom is 0.122 e. The number of piperidine rings is 1. The number of ether oxygens (including phenoxy) is 1. The Morgan fingerprint density at radius 2 is 2.24 bits per heavy atom. The first-order valence-corrected chi connectivity index (χ1v) is 7.94. The van der Waals surface area contributed by atoms with Gasteiger partial charge in [0, 0.05) is 18.1 Å². The summed E-state index contributed by atoms with van der Waals surface area (Å²) in [5, 5.41) is 0.780. The Labute approximate surface area is 139 Å². The van der Waals surface area contributed by atoms with Crippen LogP contribution in [0.1, 0.15) is 25.3 Å². The van der Waals surface area contributed by atoms with E-state index in [4.69, 9.17) is 22.1 Å². The second kappa shape index (κ2) is 9.52. The molecule has 2 N–H and O–H groups in total. The second-order valence-corrected chi connectivity index (χ2v) is 5.92. The molecule has 1 aliphatic heterocycles. The summed E-state index contributed by atoms with van der Waals surface area (Å²) in [4.78, 5) is 2.51. The van der Waals surface area contributed by atoms with Crippen molar-refractivity contribution < 1.29 is 4.74 Å². The van der Waals surface area contributed by atoms with Gasteiger partial charge in [-0.15, -0.1) is 12.4 Å². The largest absolute Gasteiger partial charge is 0.494 e. The minimum Gasteiger partial charge on any atom is -0.494 e. The van der Waals surface area contributed by atoms with E-state index in [0.717, 1.165) is 36.8 Å². The maximum absolute atomic E-state index is 6.10. The number of halogens is 2. The molecule has 2 rings (SSSR count). The molecule has 1 aromatic rings. The number of rotatable bonds is 6. The van der Waals surface area contributed by atoms with Crippen molar-refractivity contribution in [3.63, 3.8) is 0 Å². The van der Waals surface area contributed by atoms with Gasteiger partial charge in [0.05, 0.1) is 6.61 Å². The van der Waals surface area contributed by atoms with Crippen LogP contribution >= 0.6 is 24.0 Å². The molecule has 0 radical (unpaired) electrons. The molecule has 1 saturated heterocycles. The van der Waals surface area contributed by atoms with Crippen LogP contribution in [0, 0.1) is 5.92 Å². The van der Waals surface area contributed by atoms with Crippen molar-refractivity contribution in [2.24, 2.45) is 11.7 Å². The minimum absolute atomic E-state index is 0. The zero-order chi connectivity index (χ0) is 14.4. The number of hydrogen-bond acceptors (Lipinski definition) is 3. The monoisotopic (exact) mass is 332 g/mol. The molecule has 21 heavy (non-hydrogen) atoms. The summed E-state index contributed by atoms with van der Waals surface area (Å²) in [7, 11) is 0. The predicted molar refractivity (Wildman–Crippen MR) is 91.8 cm³/mol. The van der Waals surface area contributed by atoms with E-state index in [1.807, 2.05) is 25.1 Å². The molecule has 0 unspecified atom stereocenters. The quantitative estimate of drug-likeness (QED) is 0.867. The lowest BCUT2D eigenvalue weighted by Gasteiger charge is -2.32. The number of likely N-dealkylation sites (tertiary alicyclic amines) is 1. The first-order valence-electron chi connectivity index (χ1n) is 7.56. The van der Waals surface area contributed by atoms with Crippen molar-refractivity contribution in [2.45, 2.75) is 26.2 Å². The summed E-state index contributed by atoms with van der Waals surface area (Å²) in [6.45, 7) is 6.86. The highest BCUT2D eigenvalue weighted by atomic mass is 35.5. The molecule has 0 bridgehead atoms. The van der Waals surface area contributed by atoms with Gasteiger partial charge in [0.1, 0.15) is 5.75 Å². The van der Waals surface area contributed by atoms with Gasteiger partial charge in [-0.05, 0) is 69.0 Å². The molecular formula is C16H26Cl2N2O. The van der Waals surface area contributed by atoms with E-state index in [2.05, 4.69) is 4.90 Å². The summed E-state index contributed by atoms with van der Waals surface area (Å²) in [6, 6.07) is 5.89. The Morgan fingerprint density at radius 3 is 2.95 bits per heavy atom. The topological polar surface area (TPSA) is 38.5 Å². The van der Waals surface area contributed by atoms with E-state index >= 15 is 0 Å². The van der Waals surface area contributed by atoms with Crippen molar-refractivity contribution in [3.05, 3.63) is 28.8 Å². The molecule has 0 amide bonds. The van der Waals surface area contributed by atoms with Gasteiger partial charge < -0.3 is 15.4 Å². The Morgan fingerprint density at radius 1 is 1.43 bits per heavy atom. The lowest BCUT2D eigenvalue weighted by Crippen LogP contribution is -2.39. The summed E-state index contributed by atoms with van der Waals surface area (Å²) in [5.41, 5.74) is 7.00. The van der Waals surface area contributed by atoms with E-state index in [-0.39, 0.29) is 12.4 Å². The van der Waals surface area contributed by atoms with E-state index < -0.39 is 0 Å². The summed E-state index contributed by atoms with van der Waals surface area (Å²) >= 11 is 6.10. The van der Waals surface area contributed by atoms with E-state index in [9.17, 15) is 0 Å². The Hall–Kier alpha value is -0.480. The molecule has 1 heterocycles. The van der Waals surface area contributed by atoms with E-state index in [0.29, 0.717) is 12.5 Å². The molecule has 5 heteroatoms. The Kier molecular flexibility index (Phi) is 8.42. The van der Waals surface area contributed by atoms with Crippen molar-refractivity contribution in [3.8, 4) is 5.75 Å². The van der Waals surface area contributed by atoms with Crippen LogP contribution in [0.5, 0.6) is 5.75 Å². The van der Waals surface area contributed by atoms with Crippen LogP contribution < -0.4 is 10.5 Å². The molecule has 120 valence electrons. The van der Waals surface area contributed by atoms with E-state index in [1.54, 1.807) is 0 Å². The predicted octanol–water partition coefficient (Wildman–Crippen LogP) is 3.37.